The normalized spacial score (nSPS) is 35.0. The molecule has 260 valence electrons. The first kappa shape index (κ1) is 35.9. The summed E-state index contributed by atoms with van der Waals surface area (Å²) in [6.07, 6.45) is 14.3. The minimum atomic E-state index is 0. The van der Waals surface area contributed by atoms with Crippen molar-refractivity contribution in [3.05, 3.63) is 185 Å². The fourth-order valence-electron chi connectivity index (χ4n) is 9.98. The SMILES string of the molecule is C1=CC2NC1C(c1ccccc1)C1CCC([N-]1)C(c1ccccc1)C1C=CC(N1)C(c1ccccc1)C1CCC([N-]1)C2c1ccccc1.[C-]#[O+].[Ru+2]. The maximum Gasteiger partial charge on any atom is 2.00 e. The number of benzene rings is 4. The molecule has 5 heterocycles. The molecule has 0 saturated carbocycles. The number of hydrogen-bond acceptors (Lipinski definition) is 2. The van der Waals surface area contributed by atoms with Gasteiger partial charge >= 0.3 is 30.8 Å². The van der Waals surface area contributed by atoms with Crippen LogP contribution in [0.4, 0.5) is 0 Å². The van der Waals surface area contributed by atoms with Crippen molar-refractivity contribution in [3.8, 4) is 0 Å². The second kappa shape index (κ2) is 16.5. The molecule has 6 heteroatoms. The third-order valence-corrected chi connectivity index (χ3v) is 12.0. The summed E-state index contributed by atoms with van der Waals surface area (Å²) in [6.45, 7) is 4.50. The van der Waals surface area contributed by atoms with E-state index < -0.39 is 0 Å². The monoisotopic (exact) mass is 760 g/mol. The van der Waals surface area contributed by atoms with Crippen LogP contribution < -0.4 is 10.6 Å². The van der Waals surface area contributed by atoms with E-state index in [4.69, 9.17) is 15.3 Å². The van der Waals surface area contributed by atoms with Gasteiger partial charge in [-0.3, -0.25) is 0 Å². The Balaban J connectivity index is 0.00000133. The van der Waals surface area contributed by atoms with Crippen LogP contribution in [-0.4, -0.2) is 48.3 Å². The van der Waals surface area contributed by atoms with Crippen LogP contribution in [0.5, 0.6) is 0 Å². The van der Waals surface area contributed by atoms with Gasteiger partial charge in [0.05, 0.1) is 0 Å². The quantitative estimate of drug-likeness (QED) is 0.0947. The second-order valence-electron chi connectivity index (χ2n) is 14.7. The predicted octanol–water partition coefficient (Wildman–Crippen LogP) is 8.70. The molecule has 0 aromatic heterocycles. The Bertz CT molecular complexity index is 1510. The van der Waals surface area contributed by atoms with Crippen molar-refractivity contribution in [1.82, 2.24) is 10.6 Å². The molecule has 0 amide bonds. The first-order valence-corrected chi connectivity index (χ1v) is 18.5. The van der Waals surface area contributed by atoms with Crippen LogP contribution in [0.15, 0.2) is 146 Å². The number of nitrogens with one attached hydrogen (secondary N) is 2. The van der Waals surface area contributed by atoms with E-state index in [1.165, 1.54) is 22.3 Å². The van der Waals surface area contributed by atoms with Gasteiger partial charge in [0, 0.05) is 24.2 Å². The van der Waals surface area contributed by atoms with E-state index in [-0.39, 0.29) is 91.5 Å². The number of fused-ring (bicyclic) bond motifs is 8. The van der Waals surface area contributed by atoms with Gasteiger partial charge < -0.3 is 21.3 Å². The summed E-state index contributed by atoms with van der Waals surface area (Å²) >= 11 is 0. The maximum absolute atomic E-state index is 7.50. The van der Waals surface area contributed by atoms with Crippen molar-refractivity contribution in [2.24, 2.45) is 0 Å². The van der Waals surface area contributed by atoms with Gasteiger partial charge in [0.25, 0.3) is 0 Å². The summed E-state index contributed by atoms with van der Waals surface area (Å²) in [7, 11) is 0. The zero-order chi connectivity index (χ0) is 33.9. The van der Waals surface area contributed by atoms with Crippen LogP contribution in [0.25, 0.3) is 10.6 Å². The molecule has 0 radical (unpaired) electrons. The number of nitrogens with zero attached hydrogens (tertiary/aromatic N) is 2. The van der Waals surface area contributed by atoms with Gasteiger partial charge in [0.2, 0.25) is 0 Å². The number of rotatable bonds is 4. The van der Waals surface area contributed by atoms with E-state index in [1.54, 1.807) is 0 Å². The zero-order valence-corrected chi connectivity index (χ0v) is 30.5. The third-order valence-electron chi connectivity index (χ3n) is 12.0. The molecular formula is C45H46N4ORu. The summed E-state index contributed by atoms with van der Waals surface area (Å²) in [5.74, 6) is 1.14. The Kier molecular flexibility index (Phi) is 11.6. The molecule has 12 unspecified atom stereocenters. The van der Waals surface area contributed by atoms with Crippen molar-refractivity contribution >= 4 is 0 Å². The van der Waals surface area contributed by atoms with Crippen molar-refractivity contribution in [2.45, 2.75) is 97.7 Å². The topological polar surface area (TPSA) is 72.2 Å². The summed E-state index contributed by atoms with van der Waals surface area (Å²) in [5, 5.41) is 20.0. The fourth-order valence-corrected chi connectivity index (χ4v) is 9.98. The van der Waals surface area contributed by atoms with E-state index in [0.717, 1.165) is 25.7 Å². The third kappa shape index (κ3) is 7.30. The summed E-state index contributed by atoms with van der Waals surface area (Å²) in [5.41, 5.74) is 5.55. The van der Waals surface area contributed by atoms with E-state index in [0.29, 0.717) is 0 Å². The van der Waals surface area contributed by atoms with Crippen LogP contribution in [-0.2, 0) is 24.1 Å². The molecular weight excluding hydrogens is 714 g/mol. The van der Waals surface area contributed by atoms with Gasteiger partial charge in [-0.2, -0.15) is 0 Å². The van der Waals surface area contributed by atoms with Crippen molar-refractivity contribution in [2.75, 3.05) is 0 Å². The molecule has 2 N–H and O–H groups in total. The average Bonchev–Trinajstić information content (AvgIpc) is 4.02. The molecule has 51 heavy (non-hydrogen) atoms. The first-order chi connectivity index (χ1) is 24.8. The van der Waals surface area contributed by atoms with E-state index in [9.17, 15) is 0 Å². The molecule has 0 spiro atoms. The molecule has 5 aliphatic rings. The number of hydrogen-bond donors (Lipinski definition) is 2. The Morgan fingerprint density at radius 1 is 0.392 bits per heavy atom. The molecule has 8 bridgehead atoms. The van der Waals surface area contributed by atoms with Crippen molar-refractivity contribution < 1.29 is 24.1 Å². The fraction of sp³-hybridized carbons (Fsp3) is 0.356. The molecule has 4 aromatic carbocycles. The molecule has 12 atom stereocenters. The van der Waals surface area contributed by atoms with Crippen molar-refractivity contribution in [3.63, 3.8) is 0 Å². The van der Waals surface area contributed by atoms with E-state index in [2.05, 4.69) is 163 Å². The minimum Gasteiger partial charge on any atom is 2.00 e. The summed E-state index contributed by atoms with van der Waals surface area (Å²) < 4.78 is 7.50. The average molecular weight is 760 g/mol. The summed E-state index contributed by atoms with van der Waals surface area (Å²) in [4.78, 5) is 0. The first-order valence-electron chi connectivity index (χ1n) is 18.5. The second-order valence-corrected chi connectivity index (χ2v) is 14.7. The minimum absolute atomic E-state index is 0. The Labute approximate surface area is 316 Å². The van der Waals surface area contributed by atoms with E-state index in [1.807, 2.05) is 0 Å². The van der Waals surface area contributed by atoms with Gasteiger partial charge in [-0.25, -0.2) is 0 Å². The van der Waals surface area contributed by atoms with Gasteiger partial charge in [-0.15, -0.1) is 24.2 Å². The predicted molar refractivity (Wildman–Crippen MR) is 201 cm³/mol. The van der Waals surface area contributed by atoms with Crippen LogP contribution in [0.1, 0.15) is 71.6 Å². The smallest absolute Gasteiger partial charge is 2.00 e. The van der Waals surface area contributed by atoms with Crippen LogP contribution in [0.2, 0.25) is 0 Å². The standard InChI is InChI=1S/C44H46N4.CO.Ru/c1-5-13-29(14-6-1)41-33-21-23-35(45-33)42(30-15-7-2-8-16-30)37-25-27-39(47-37)44(32-19-11-4-12-20-32)40-28-26-38(48-40)43(31-17-9-3-10-18-31)36-24-22-34(41)46-36;1-2;/h1-21,23,26,28,33-45,48H,22,24-25,27H2;;/q-2;;+2. The molecule has 3 fully saturated rings. The molecule has 5 nitrogen and oxygen atoms in total. The van der Waals surface area contributed by atoms with Gasteiger partial charge in [0.15, 0.2) is 0 Å². The molecule has 5 aliphatic heterocycles. The molecule has 9 rings (SSSR count). The molecule has 4 aromatic rings. The Hall–Kier alpha value is -3.44. The molecule has 0 aliphatic carbocycles. The van der Waals surface area contributed by atoms with Gasteiger partial charge in [-0.05, 0) is 45.9 Å². The Morgan fingerprint density at radius 3 is 0.824 bits per heavy atom. The van der Waals surface area contributed by atoms with Crippen LogP contribution in [0, 0.1) is 6.65 Å². The van der Waals surface area contributed by atoms with Gasteiger partial charge in [-0.1, -0.05) is 171 Å². The zero-order valence-electron chi connectivity index (χ0n) is 28.8. The summed E-state index contributed by atoms with van der Waals surface area (Å²) in [6, 6.07) is 46.7. The van der Waals surface area contributed by atoms with Crippen molar-refractivity contribution in [1.29, 1.82) is 0 Å². The van der Waals surface area contributed by atoms with Crippen LogP contribution >= 0.6 is 0 Å². The Morgan fingerprint density at radius 2 is 0.608 bits per heavy atom. The largest absolute Gasteiger partial charge is 2.00 e. The van der Waals surface area contributed by atoms with E-state index >= 15 is 0 Å². The van der Waals surface area contributed by atoms with Crippen LogP contribution in [0.3, 0.4) is 0 Å². The maximum atomic E-state index is 7.50. The van der Waals surface area contributed by atoms with Gasteiger partial charge in [0.1, 0.15) is 0 Å². The molecule has 3 saturated heterocycles.